The zero-order valence-corrected chi connectivity index (χ0v) is 20.3. The molecular formula is C24H29N7O5. The molecule has 4 heterocycles. The van der Waals surface area contributed by atoms with E-state index in [2.05, 4.69) is 31.5 Å². The number of hydrogen-bond donors (Lipinski definition) is 2. The second kappa shape index (κ2) is 11.2. The first-order valence-electron chi connectivity index (χ1n) is 11.9. The summed E-state index contributed by atoms with van der Waals surface area (Å²) in [5.41, 5.74) is 0.290. The van der Waals surface area contributed by atoms with E-state index in [0.717, 1.165) is 12.2 Å². The topological polar surface area (TPSA) is 154 Å². The molecule has 2 aromatic rings. The second-order valence-electron chi connectivity index (χ2n) is 8.90. The molecule has 0 saturated carbocycles. The van der Waals surface area contributed by atoms with E-state index in [1.165, 1.54) is 13.1 Å². The molecule has 2 aromatic heterocycles. The van der Waals surface area contributed by atoms with Gasteiger partial charge in [0.1, 0.15) is 11.6 Å². The Balaban J connectivity index is 1.25. The fourth-order valence-corrected chi connectivity index (χ4v) is 4.48. The number of nitrogens with one attached hydrogen (secondary N) is 2. The van der Waals surface area contributed by atoms with Crippen molar-refractivity contribution in [2.75, 3.05) is 49.7 Å². The summed E-state index contributed by atoms with van der Waals surface area (Å²) < 4.78 is 11.5. The Labute approximate surface area is 208 Å². The number of carbonyl (C=O) groups is 2. The highest BCUT2D eigenvalue weighted by Gasteiger charge is 2.33. The first kappa shape index (κ1) is 25.1. The molecule has 0 spiro atoms. The Morgan fingerprint density at radius 3 is 3.00 bits per heavy atom. The van der Waals surface area contributed by atoms with E-state index in [1.54, 1.807) is 12.3 Å². The van der Waals surface area contributed by atoms with Gasteiger partial charge < -0.3 is 24.6 Å². The number of nitriles is 1. The lowest BCUT2D eigenvalue weighted by molar-refractivity contribution is -0.133. The largest absolute Gasteiger partial charge is 0.490 e. The summed E-state index contributed by atoms with van der Waals surface area (Å²) in [6.07, 6.45) is 3.94. The summed E-state index contributed by atoms with van der Waals surface area (Å²) in [5, 5.41) is 18.2. The van der Waals surface area contributed by atoms with Crippen LogP contribution in [0.3, 0.4) is 0 Å². The van der Waals surface area contributed by atoms with E-state index in [0.29, 0.717) is 43.2 Å². The molecule has 0 aromatic carbocycles. The van der Waals surface area contributed by atoms with Crippen LogP contribution in [0.1, 0.15) is 42.6 Å². The van der Waals surface area contributed by atoms with Crippen molar-refractivity contribution in [2.45, 2.75) is 38.8 Å². The molecule has 0 aliphatic carbocycles. The van der Waals surface area contributed by atoms with Crippen molar-refractivity contribution in [3.8, 4) is 11.8 Å². The van der Waals surface area contributed by atoms with Gasteiger partial charge in [0, 0.05) is 44.4 Å². The third kappa shape index (κ3) is 5.63. The van der Waals surface area contributed by atoms with Gasteiger partial charge in [-0.3, -0.25) is 14.4 Å². The standard InChI is InChI=1S/C24H29N7O5/c1-15(28-19-12-27-29-24(34)22(19)16(2)32)14-35-7-4-21(33)30-5-6-31-18(13-30)3-8-36-20-9-17(10-25)11-26-23(20)31/h9,11-12,15,18H,3-8,13-14H2,1-2H3,(H2,28,29,34)/t15-,18-/m0/s1. The number of nitrogens with zero attached hydrogens (tertiary/aromatic N) is 5. The summed E-state index contributed by atoms with van der Waals surface area (Å²) in [6.45, 7) is 6.00. The Kier molecular flexibility index (Phi) is 7.80. The van der Waals surface area contributed by atoms with Gasteiger partial charge in [-0.25, -0.2) is 10.1 Å². The third-order valence-electron chi connectivity index (χ3n) is 6.22. The number of H-pyrrole nitrogens is 1. The highest BCUT2D eigenvalue weighted by molar-refractivity contribution is 5.98. The van der Waals surface area contributed by atoms with Crippen molar-refractivity contribution in [1.29, 1.82) is 5.26 Å². The number of ketones is 1. The highest BCUT2D eigenvalue weighted by Crippen LogP contribution is 2.33. The van der Waals surface area contributed by atoms with Gasteiger partial charge in [-0.1, -0.05) is 0 Å². The van der Waals surface area contributed by atoms with Gasteiger partial charge in [-0.15, -0.1) is 0 Å². The molecule has 0 bridgehead atoms. The maximum absolute atomic E-state index is 12.8. The Morgan fingerprint density at radius 2 is 2.22 bits per heavy atom. The van der Waals surface area contributed by atoms with Crippen LogP contribution in [0, 0.1) is 11.3 Å². The van der Waals surface area contributed by atoms with Crippen LogP contribution in [0.25, 0.3) is 0 Å². The molecule has 12 heteroatoms. The number of aromatic nitrogens is 3. The molecule has 2 aliphatic rings. The minimum atomic E-state index is -0.544. The van der Waals surface area contributed by atoms with Crippen LogP contribution in [0.2, 0.25) is 0 Å². The minimum Gasteiger partial charge on any atom is -0.490 e. The Morgan fingerprint density at radius 1 is 1.39 bits per heavy atom. The van der Waals surface area contributed by atoms with Gasteiger partial charge in [-0.05, 0) is 13.8 Å². The van der Waals surface area contributed by atoms with Gasteiger partial charge in [0.25, 0.3) is 5.56 Å². The molecule has 0 unspecified atom stereocenters. The molecule has 2 aliphatic heterocycles. The van der Waals surface area contributed by atoms with E-state index in [9.17, 15) is 14.4 Å². The number of Topliss-reactive ketones (excluding diaryl/α,β-unsaturated/α-hetero) is 1. The third-order valence-corrected chi connectivity index (χ3v) is 6.22. The molecule has 1 saturated heterocycles. The molecular weight excluding hydrogens is 466 g/mol. The number of ether oxygens (including phenoxy) is 2. The van der Waals surface area contributed by atoms with Crippen molar-refractivity contribution in [2.24, 2.45) is 0 Å². The number of hydrogen-bond acceptors (Lipinski definition) is 10. The number of aromatic amines is 1. The zero-order valence-electron chi connectivity index (χ0n) is 20.3. The van der Waals surface area contributed by atoms with Crippen molar-refractivity contribution in [1.82, 2.24) is 20.1 Å². The van der Waals surface area contributed by atoms with Crippen molar-refractivity contribution in [3.05, 3.63) is 39.9 Å². The van der Waals surface area contributed by atoms with Crippen molar-refractivity contribution >= 4 is 23.2 Å². The van der Waals surface area contributed by atoms with Crippen LogP contribution in [-0.2, 0) is 9.53 Å². The first-order valence-corrected chi connectivity index (χ1v) is 11.9. The summed E-state index contributed by atoms with van der Waals surface area (Å²) in [7, 11) is 0. The second-order valence-corrected chi connectivity index (χ2v) is 8.90. The quantitative estimate of drug-likeness (QED) is 0.400. The molecule has 2 atom stereocenters. The fraction of sp³-hybridized carbons (Fsp3) is 0.500. The lowest BCUT2D eigenvalue weighted by Gasteiger charge is -2.41. The lowest BCUT2D eigenvalue weighted by atomic mass is 10.1. The van der Waals surface area contributed by atoms with Gasteiger partial charge in [-0.2, -0.15) is 10.4 Å². The van der Waals surface area contributed by atoms with Crippen LogP contribution in [0.4, 0.5) is 11.5 Å². The van der Waals surface area contributed by atoms with Gasteiger partial charge in [0.15, 0.2) is 17.4 Å². The monoisotopic (exact) mass is 495 g/mol. The fourth-order valence-electron chi connectivity index (χ4n) is 4.48. The number of rotatable bonds is 8. The van der Waals surface area contributed by atoms with Crippen LogP contribution < -0.4 is 20.5 Å². The SMILES string of the molecule is CC(=O)c1c(N[C@@H](C)COCCC(=O)N2CCN3c4ncc(C#N)cc4OCC[C@H]3C2)cn[nH]c1=O. The molecule has 190 valence electrons. The van der Waals surface area contributed by atoms with Crippen molar-refractivity contribution < 1.29 is 19.1 Å². The van der Waals surface area contributed by atoms with E-state index < -0.39 is 5.56 Å². The molecule has 12 nitrogen and oxygen atoms in total. The average molecular weight is 496 g/mol. The van der Waals surface area contributed by atoms with Crippen LogP contribution in [0.5, 0.6) is 5.75 Å². The van der Waals surface area contributed by atoms with Gasteiger partial charge >= 0.3 is 0 Å². The number of fused-ring (bicyclic) bond motifs is 3. The predicted octanol–water partition coefficient (Wildman–Crippen LogP) is 0.946. The van der Waals surface area contributed by atoms with E-state index in [-0.39, 0.29) is 49.0 Å². The summed E-state index contributed by atoms with van der Waals surface area (Å²) in [5.74, 6) is 0.994. The molecule has 4 rings (SSSR count). The summed E-state index contributed by atoms with van der Waals surface area (Å²) in [6, 6.07) is 3.68. The smallest absolute Gasteiger partial charge is 0.277 e. The first-order chi connectivity index (χ1) is 17.4. The number of piperazine rings is 1. The zero-order chi connectivity index (χ0) is 25.7. The maximum atomic E-state index is 12.8. The number of amides is 1. The Hall–Kier alpha value is -3.98. The van der Waals surface area contributed by atoms with Crippen molar-refractivity contribution in [3.63, 3.8) is 0 Å². The molecule has 36 heavy (non-hydrogen) atoms. The van der Waals surface area contributed by atoms with Gasteiger partial charge in [0.2, 0.25) is 5.91 Å². The van der Waals surface area contributed by atoms with Crippen LogP contribution in [0.15, 0.2) is 23.3 Å². The van der Waals surface area contributed by atoms with Crippen LogP contribution in [-0.4, -0.2) is 83.3 Å². The molecule has 1 fully saturated rings. The van der Waals surface area contributed by atoms with E-state index in [4.69, 9.17) is 14.7 Å². The summed E-state index contributed by atoms with van der Waals surface area (Å²) in [4.78, 5) is 44.9. The van der Waals surface area contributed by atoms with E-state index >= 15 is 0 Å². The normalized spacial score (nSPS) is 17.6. The predicted molar refractivity (Wildman–Crippen MR) is 130 cm³/mol. The lowest BCUT2D eigenvalue weighted by Crippen LogP contribution is -2.55. The molecule has 2 N–H and O–H groups in total. The highest BCUT2D eigenvalue weighted by atomic mass is 16.5. The van der Waals surface area contributed by atoms with Gasteiger partial charge in [0.05, 0.1) is 49.7 Å². The summed E-state index contributed by atoms with van der Waals surface area (Å²) >= 11 is 0. The molecule has 1 amide bonds. The minimum absolute atomic E-state index is 0.0195. The number of pyridine rings is 1. The Bertz CT molecular complexity index is 1220. The average Bonchev–Trinajstić information content (AvgIpc) is 3.04. The number of anilines is 2. The van der Waals surface area contributed by atoms with E-state index in [1.807, 2.05) is 11.8 Å². The molecule has 0 radical (unpaired) electrons. The number of carbonyl (C=O) groups excluding carboxylic acids is 2. The maximum Gasteiger partial charge on any atom is 0.277 e. The van der Waals surface area contributed by atoms with Crippen LogP contribution >= 0.6 is 0 Å².